The molecule has 2 aromatic rings. The molecule has 1 aromatic carbocycles. The highest BCUT2D eigenvalue weighted by atomic mass is 35.5. The van der Waals surface area contributed by atoms with Gasteiger partial charge in [0.05, 0.1) is 0 Å². The van der Waals surface area contributed by atoms with Crippen LogP contribution >= 0.6 is 11.6 Å². The number of hydrogen-bond acceptors (Lipinski definition) is 3. The van der Waals surface area contributed by atoms with Crippen LogP contribution in [0.2, 0.25) is 5.02 Å². The van der Waals surface area contributed by atoms with Gasteiger partial charge in [-0.1, -0.05) is 35.9 Å². The molecule has 5 heteroatoms. The van der Waals surface area contributed by atoms with Gasteiger partial charge in [-0.15, -0.1) is 0 Å². The van der Waals surface area contributed by atoms with Crippen molar-refractivity contribution in [3.8, 4) is 0 Å². The summed E-state index contributed by atoms with van der Waals surface area (Å²) in [6.45, 7) is 4.11. The van der Waals surface area contributed by atoms with Crippen LogP contribution in [0.4, 0.5) is 0 Å². The average molecular weight is 316 g/mol. The van der Waals surface area contributed by atoms with Crippen molar-refractivity contribution in [2.45, 2.75) is 19.5 Å². The molecule has 1 aliphatic rings. The van der Waals surface area contributed by atoms with Crippen LogP contribution in [0, 0.1) is 6.92 Å². The first-order valence-corrected chi connectivity index (χ1v) is 7.71. The summed E-state index contributed by atoms with van der Waals surface area (Å²) in [7, 11) is 0. The predicted molar refractivity (Wildman–Crippen MR) is 86.6 cm³/mol. The molecule has 1 atom stereocenters. The first-order chi connectivity index (χ1) is 10.7. The van der Waals surface area contributed by atoms with E-state index in [1.54, 1.807) is 6.20 Å². The molecule has 1 saturated heterocycles. The van der Waals surface area contributed by atoms with Crippen molar-refractivity contribution in [2.75, 3.05) is 13.1 Å². The maximum atomic E-state index is 12.4. The normalized spacial score (nSPS) is 19.0. The summed E-state index contributed by atoms with van der Waals surface area (Å²) < 4.78 is 0. The molecular formula is C17H18ClN3O. The van der Waals surface area contributed by atoms with Gasteiger partial charge < -0.3 is 5.32 Å². The number of aromatic nitrogens is 1. The molecule has 1 amide bonds. The van der Waals surface area contributed by atoms with Gasteiger partial charge in [-0.2, -0.15) is 0 Å². The van der Waals surface area contributed by atoms with Crippen LogP contribution in [-0.2, 0) is 11.3 Å². The lowest BCUT2D eigenvalue weighted by molar-refractivity contribution is -0.129. The number of carbonyl (C=O) groups excluding carboxylic acids is 1. The van der Waals surface area contributed by atoms with Crippen LogP contribution in [0.1, 0.15) is 22.9 Å². The molecule has 0 saturated carbocycles. The smallest absolute Gasteiger partial charge is 0.242 e. The predicted octanol–water partition coefficient (Wildman–Crippen LogP) is 2.72. The molecule has 1 aliphatic heterocycles. The number of nitrogens with one attached hydrogen (secondary N) is 1. The molecule has 4 nitrogen and oxygen atoms in total. The number of hydrogen-bond donors (Lipinski definition) is 1. The van der Waals surface area contributed by atoms with Gasteiger partial charge in [-0.25, -0.2) is 0 Å². The second-order valence-corrected chi connectivity index (χ2v) is 5.84. The van der Waals surface area contributed by atoms with Crippen molar-refractivity contribution in [3.05, 3.63) is 64.4 Å². The SMILES string of the molecule is Cc1ncccc1CN1CCNC(=O)[C@H]1c1ccccc1Cl. The highest BCUT2D eigenvalue weighted by Crippen LogP contribution is 2.30. The van der Waals surface area contributed by atoms with Crippen molar-refractivity contribution in [1.29, 1.82) is 0 Å². The van der Waals surface area contributed by atoms with Gasteiger partial charge in [0.1, 0.15) is 6.04 Å². The lowest BCUT2D eigenvalue weighted by atomic mass is 10.0. The number of aryl methyl sites for hydroxylation is 1. The number of nitrogens with zero attached hydrogens (tertiary/aromatic N) is 2. The molecule has 22 heavy (non-hydrogen) atoms. The van der Waals surface area contributed by atoms with Crippen LogP contribution in [0.15, 0.2) is 42.6 Å². The Hall–Kier alpha value is -1.91. The Balaban J connectivity index is 1.93. The molecule has 0 unspecified atom stereocenters. The summed E-state index contributed by atoms with van der Waals surface area (Å²) in [5.41, 5.74) is 2.98. The summed E-state index contributed by atoms with van der Waals surface area (Å²) in [6.07, 6.45) is 1.79. The van der Waals surface area contributed by atoms with E-state index < -0.39 is 0 Å². The lowest BCUT2D eigenvalue weighted by Gasteiger charge is -2.35. The van der Waals surface area contributed by atoms with Gasteiger partial charge in [0, 0.05) is 36.5 Å². The number of pyridine rings is 1. The Morgan fingerprint density at radius 2 is 2.14 bits per heavy atom. The van der Waals surface area contributed by atoms with Crippen LogP contribution in [0.25, 0.3) is 0 Å². The van der Waals surface area contributed by atoms with Gasteiger partial charge in [-0.05, 0) is 30.2 Å². The first kappa shape index (κ1) is 15.0. The third kappa shape index (κ3) is 2.98. The summed E-state index contributed by atoms with van der Waals surface area (Å²) in [5, 5.41) is 3.56. The van der Waals surface area contributed by atoms with Crippen LogP contribution in [-0.4, -0.2) is 28.9 Å². The Kier molecular flexibility index (Phi) is 4.41. The molecular weight excluding hydrogens is 298 g/mol. The summed E-state index contributed by atoms with van der Waals surface area (Å²) in [6, 6.07) is 11.2. The minimum absolute atomic E-state index is 0.000827. The minimum Gasteiger partial charge on any atom is -0.353 e. The van der Waals surface area contributed by atoms with Crippen LogP contribution in [0.3, 0.4) is 0 Å². The molecule has 3 rings (SSSR count). The van der Waals surface area contributed by atoms with E-state index in [1.165, 1.54) is 0 Å². The standard InChI is InChI=1S/C17H18ClN3O/c1-12-13(5-4-8-19-12)11-21-10-9-20-17(22)16(21)14-6-2-3-7-15(14)18/h2-8,16H,9-11H2,1H3,(H,20,22)/t16-/m1/s1. The number of piperazine rings is 1. The van der Waals surface area contributed by atoms with Crippen molar-refractivity contribution in [1.82, 2.24) is 15.2 Å². The van der Waals surface area contributed by atoms with E-state index in [1.807, 2.05) is 37.3 Å². The van der Waals surface area contributed by atoms with E-state index in [-0.39, 0.29) is 11.9 Å². The molecule has 1 N–H and O–H groups in total. The average Bonchev–Trinajstić information content (AvgIpc) is 2.51. The fourth-order valence-corrected chi connectivity index (χ4v) is 3.06. The third-order valence-corrected chi connectivity index (χ3v) is 4.35. The summed E-state index contributed by atoms with van der Waals surface area (Å²) in [5.74, 6) is 0.000827. The van der Waals surface area contributed by atoms with E-state index >= 15 is 0 Å². The molecule has 114 valence electrons. The van der Waals surface area contributed by atoms with Gasteiger partial charge in [-0.3, -0.25) is 14.7 Å². The number of halogens is 1. The fourth-order valence-electron chi connectivity index (χ4n) is 2.82. The zero-order chi connectivity index (χ0) is 15.5. The second-order valence-electron chi connectivity index (χ2n) is 5.43. The highest BCUT2D eigenvalue weighted by molar-refractivity contribution is 6.31. The van der Waals surface area contributed by atoms with Crippen LogP contribution in [0.5, 0.6) is 0 Å². The monoisotopic (exact) mass is 315 g/mol. The van der Waals surface area contributed by atoms with E-state index in [0.717, 1.165) is 23.4 Å². The maximum Gasteiger partial charge on any atom is 0.242 e. The Labute approximate surface area is 135 Å². The largest absolute Gasteiger partial charge is 0.353 e. The van der Waals surface area contributed by atoms with Crippen molar-refractivity contribution >= 4 is 17.5 Å². The zero-order valence-corrected chi connectivity index (χ0v) is 13.2. The number of benzene rings is 1. The van der Waals surface area contributed by atoms with Gasteiger partial charge in [0.25, 0.3) is 0 Å². The Morgan fingerprint density at radius 3 is 2.91 bits per heavy atom. The summed E-state index contributed by atoms with van der Waals surface area (Å²) >= 11 is 6.30. The Bertz CT molecular complexity index is 689. The van der Waals surface area contributed by atoms with Gasteiger partial charge in [0.15, 0.2) is 0 Å². The molecule has 0 spiro atoms. The lowest BCUT2D eigenvalue weighted by Crippen LogP contribution is -2.49. The third-order valence-electron chi connectivity index (χ3n) is 4.00. The second kappa shape index (κ2) is 6.46. The van der Waals surface area contributed by atoms with Gasteiger partial charge in [0.2, 0.25) is 5.91 Å². The molecule has 0 aliphatic carbocycles. The maximum absolute atomic E-state index is 12.4. The van der Waals surface area contributed by atoms with E-state index in [4.69, 9.17) is 11.6 Å². The molecule has 1 aromatic heterocycles. The quantitative estimate of drug-likeness (QED) is 0.947. The van der Waals surface area contributed by atoms with Crippen LogP contribution < -0.4 is 5.32 Å². The van der Waals surface area contributed by atoms with Crippen molar-refractivity contribution in [3.63, 3.8) is 0 Å². The fraction of sp³-hybridized carbons (Fsp3) is 0.294. The number of rotatable bonds is 3. The summed E-state index contributed by atoms with van der Waals surface area (Å²) in [4.78, 5) is 18.9. The molecule has 0 radical (unpaired) electrons. The minimum atomic E-state index is -0.359. The zero-order valence-electron chi connectivity index (χ0n) is 12.4. The van der Waals surface area contributed by atoms with E-state index in [9.17, 15) is 4.79 Å². The molecule has 1 fully saturated rings. The number of amides is 1. The first-order valence-electron chi connectivity index (χ1n) is 7.33. The van der Waals surface area contributed by atoms with E-state index in [0.29, 0.717) is 18.1 Å². The van der Waals surface area contributed by atoms with Crippen molar-refractivity contribution in [2.24, 2.45) is 0 Å². The Morgan fingerprint density at radius 1 is 1.32 bits per heavy atom. The van der Waals surface area contributed by atoms with E-state index in [2.05, 4.69) is 21.3 Å². The number of carbonyl (C=O) groups is 1. The molecule has 2 heterocycles. The molecule has 0 bridgehead atoms. The highest BCUT2D eigenvalue weighted by Gasteiger charge is 2.32. The van der Waals surface area contributed by atoms with Gasteiger partial charge >= 0.3 is 0 Å². The topological polar surface area (TPSA) is 45.2 Å². The van der Waals surface area contributed by atoms with Crippen molar-refractivity contribution < 1.29 is 4.79 Å².